The summed E-state index contributed by atoms with van der Waals surface area (Å²) >= 11 is 9.34. The van der Waals surface area contributed by atoms with Gasteiger partial charge in [0.25, 0.3) is 11.8 Å². The van der Waals surface area contributed by atoms with Crippen LogP contribution in [0.3, 0.4) is 0 Å². The summed E-state index contributed by atoms with van der Waals surface area (Å²) in [7, 11) is 0. The molecular weight excluding hydrogens is 542 g/mol. The van der Waals surface area contributed by atoms with Gasteiger partial charge >= 0.3 is 0 Å². The van der Waals surface area contributed by atoms with Crippen molar-refractivity contribution in [2.45, 2.75) is 0 Å². The van der Waals surface area contributed by atoms with E-state index < -0.39 is 0 Å². The lowest BCUT2D eigenvalue weighted by Gasteiger charge is -2.36. The van der Waals surface area contributed by atoms with Gasteiger partial charge in [0.15, 0.2) is 5.76 Å². The molecule has 0 unspecified atom stereocenters. The average molecular weight is 565 g/mol. The molecule has 0 radical (unpaired) electrons. The molecule has 6 nitrogen and oxygen atoms in total. The Morgan fingerprint density at radius 3 is 2.14 bits per heavy atom. The van der Waals surface area contributed by atoms with Crippen molar-refractivity contribution in [3.63, 3.8) is 0 Å². The largest absolute Gasteiger partial charge is 0.451 e. The molecule has 5 rings (SSSR count). The van der Waals surface area contributed by atoms with Gasteiger partial charge in [-0.15, -0.1) is 0 Å². The number of halogens is 2. The zero-order valence-corrected chi connectivity index (χ0v) is 21.6. The van der Waals surface area contributed by atoms with E-state index in [0.29, 0.717) is 35.1 Å². The normalized spacial score (nSPS) is 13.5. The molecule has 0 bridgehead atoms. The number of carbonyl (C=O) groups excluding carboxylic acids is 2. The molecule has 0 aliphatic carbocycles. The number of benzene rings is 3. The van der Waals surface area contributed by atoms with E-state index in [4.69, 9.17) is 16.0 Å². The fraction of sp³-hybridized carbons (Fsp3) is 0.143. The highest BCUT2D eigenvalue weighted by Crippen LogP contribution is 2.25. The quantitative estimate of drug-likeness (QED) is 0.297. The number of nitrogens with one attached hydrogen (secondary N) is 1. The predicted molar refractivity (Wildman–Crippen MR) is 146 cm³/mol. The van der Waals surface area contributed by atoms with Crippen LogP contribution in [0.5, 0.6) is 0 Å². The molecule has 3 aromatic carbocycles. The number of amides is 2. The Morgan fingerprint density at radius 2 is 1.47 bits per heavy atom. The Balaban J connectivity index is 1.16. The number of nitrogens with zero attached hydrogens (tertiary/aromatic N) is 2. The zero-order chi connectivity index (χ0) is 25.1. The molecule has 0 atom stereocenters. The fourth-order valence-corrected chi connectivity index (χ4v) is 4.51. The minimum absolute atomic E-state index is 0.0191. The van der Waals surface area contributed by atoms with E-state index in [1.165, 1.54) is 0 Å². The molecular formula is C28H23BrClN3O3. The topological polar surface area (TPSA) is 65.8 Å². The number of rotatable bonds is 5. The highest BCUT2D eigenvalue weighted by atomic mass is 79.9. The van der Waals surface area contributed by atoms with Crippen LogP contribution in [0.25, 0.3) is 11.3 Å². The number of hydrogen-bond donors (Lipinski definition) is 1. The van der Waals surface area contributed by atoms with E-state index >= 15 is 0 Å². The lowest BCUT2D eigenvalue weighted by molar-refractivity contribution is 0.0746. The second kappa shape index (κ2) is 10.6. The van der Waals surface area contributed by atoms with Crippen molar-refractivity contribution in [3.8, 4) is 11.3 Å². The predicted octanol–water partition coefficient (Wildman–Crippen LogP) is 6.58. The second-order valence-electron chi connectivity index (χ2n) is 8.46. The summed E-state index contributed by atoms with van der Waals surface area (Å²) in [6.45, 7) is 2.74. The fourth-order valence-electron chi connectivity index (χ4n) is 4.12. The van der Waals surface area contributed by atoms with Crippen LogP contribution in [0.2, 0.25) is 5.02 Å². The van der Waals surface area contributed by atoms with Crippen LogP contribution < -0.4 is 10.2 Å². The maximum absolute atomic E-state index is 12.7. The highest BCUT2D eigenvalue weighted by molar-refractivity contribution is 9.10. The van der Waals surface area contributed by atoms with Gasteiger partial charge in [0.1, 0.15) is 5.76 Å². The van der Waals surface area contributed by atoms with Crippen LogP contribution in [0, 0.1) is 0 Å². The highest BCUT2D eigenvalue weighted by Gasteiger charge is 2.22. The molecule has 4 aromatic rings. The van der Waals surface area contributed by atoms with Gasteiger partial charge in [-0.05, 0) is 72.8 Å². The van der Waals surface area contributed by atoms with Gasteiger partial charge in [0.05, 0.1) is 0 Å². The van der Waals surface area contributed by atoms with Crippen LogP contribution in [0.15, 0.2) is 93.8 Å². The first-order valence-corrected chi connectivity index (χ1v) is 12.7. The van der Waals surface area contributed by atoms with Crippen molar-refractivity contribution in [2.75, 3.05) is 36.4 Å². The van der Waals surface area contributed by atoms with Crippen molar-refractivity contribution < 1.29 is 14.0 Å². The summed E-state index contributed by atoms with van der Waals surface area (Å²) in [6, 6.07) is 25.8. The maximum Gasteiger partial charge on any atom is 0.291 e. The van der Waals surface area contributed by atoms with Crippen molar-refractivity contribution in [3.05, 3.63) is 106 Å². The van der Waals surface area contributed by atoms with Crippen LogP contribution >= 0.6 is 27.5 Å². The van der Waals surface area contributed by atoms with Gasteiger partial charge in [0.2, 0.25) is 0 Å². The lowest BCUT2D eigenvalue weighted by Crippen LogP contribution is -2.48. The number of anilines is 2. The first-order valence-electron chi connectivity index (χ1n) is 11.5. The molecule has 0 spiro atoms. The van der Waals surface area contributed by atoms with E-state index in [9.17, 15) is 9.59 Å². The zero-order valence-electron chi connectivity index (χ0n) is 19.3. The maximum atomic E-state index is 12.7. The summed E-state index contributed by atoms with van der Waals surface area (Å²) < 4.78 is 6.73. The van der Waals surface area contributed by atoms with Crippen molar-refractivity contribution in [1.29, 1.82) is 0 Å². The van der Waals surface area contributed by atoms with Crippen LogP contribution in [-0.2, 0) is 0 Å². The summed E-state index contributed by atoms with van der Waals surface area (Å²) in [5.74, 6) is 0.598. The average Bonchev–Trinajstić information content (AvgIpc) is 3.40. The van der Waals surface area contributed by atoms with Crippen LogP contribution in [-0.4, -0.2) is 42.9 Å². The number of furan rings is 1. The first-order chi connectivity index (χ1) is 17.5. The van der Waals surface area contributed by atoms with E-state index in [1.54, 1.807) is 36.4 Å². The third kappa shape index (κ3) is 5.48. The molecule has 0 saturated carbocycles. The van der Waals surface area contributed by atoms with Gasteiger partial charge in [-0.25, -0.2) is 0 Å². The minimum Gasteiger partial charge on any atom is -0.451 e. The second-order valence-corrected chi connectivity index (χ2v) is 9.81. The number of carbonyl (C=O) groups is 2. The van der Waals surface area contributed by atoms with Crippen LogP contribution in [0.1, 0.15) is 20.9 Å². The molecule has 1 aliphatic heterocycles. The summed E-state index contributed by atoms with van der Waals surface area (Å²) in [5, 5.41) is 3.50. The Bertz CT molecular complexity index is 1360. The molecule has 8 heteroatoms. The van der Waals surface area contributed by atoms with Gasteiger partial charge in [-0.3, -0.25) is 9.59 Å². The van der Waals surface area contributed by atoms with Crippen molar-refractivity contribution in [2.24, 2.45) is 0 Å². The molecule has 1 saturated heterocycles. The number of piperazine rings is 1. The lowest BCUT2D eigenvalue weighted by atomic mass is 10.1. The van der Waals surface area contributed by atoms with Crippen molar-refractivity contribution in [1.82, 2.24) is 4.90 Å². The van der Waals surface area contributed by atoms with E-state index in [-0.39, 0.29) is 17.6 Å². The molecule has 1 aliphatic rings. The smallest absolute Gasteiger partial charge is 0.291 e. The van der Waals surface area contributed by atoms with Gasteiger partial charge in [-0.1, -0.05) is 39.7 Å². The molecule has 182 valence electrons. The Morgan fingerprint density at radius 1 is 0.806 bits per heavy atom. The minimum atomic E-state index is -0.305. The Labute approximate surface area is 222 Å². The third-order valence-corrected chi connectivity index (χ3v) is 6.89. The van der Waals surface area contributed by atoms with Crippen molar-refractivity contribution >= 4 is 50.7 Å². The standard InChI is InChI=1S/C28H23BrClN3O3/c29-21-5-1-19(2-6-21)25-13-14-26(36-25)27(34)31-23-9-11-24(12-10-23)32-15-17-33(18-16-32)28(35)20-3-7-22(30)8-4-20/h1-14H,15-18H2,(H,31,34). The molecule has 1 fully saturated rings. The van der Waals surface area contributed by atoms with Gasteiger partial charge in [0, 0.05) is 58.2 Å². The molecule has 36 heavy (non-hydrogen) atoms. The van der Waals surface area contributed by atoms with Gasteiger partial charge < -0.3 is 19.5 Å². The monoisotopic (exact) mass is 563 g/mol. The third-order valence-electron chi connectivity index (χ3n) is 6.11. The summed E-state index contributed by atoms with van der Waals surface area (Å²) in [6.07, 6.45) is 0. The first kappa shape index (κ1) is 24.2. The van der Waals surface area contributed by atoms with Gasteiger partial charge in [-0.2, -0.15) is 0 Å². The molecule has 1 aromatic heterocycles. The summed E-state index contributed by atoms with van der Waals surface area (Å²) in [5.41, 5.74) is 3.27. The molecule has 2 heterocycles. The van der Waals surface area contributed by atoms with E-state index in [0.717, 1.165) is 28.8 Å². The summed E-state index contributed by atoms with van der Waals surface area (Å²) in [4.78, 5) is 29.5. The van der Waals surface area contributed by atoms with E-state index in [1.807, 2.05) is 53.4 Å². The SMILES string of the molecule is O=C(Nc1ccc(N2CCN(C(=O)c3ccc(Cl)cc3)CC2)cc1)c1ccc(-c2ccc(Br)cc2)o1. The molecule has 2 amide bonds. The van der Waals surface area contributed by atoms with Crippen LogP contribution in [0.4, 0.5) is 11.4 Å². The Kier molecular flexibility index (Phi) is 7.11. The Hall–Kier alpha value is -3.55. The number of hydrogen-bond acceptors (Lipinski definition) is 4. The molecule has 1 N–H and O–H groups in total. The van der Waals surface area contributed by atoms with E-state index in [2.05, 4.69) is 26.1 Å².